The molecule has 1 unspecified atom stereocenters. The molecule has 0 fully saturated rings. The molecule has 1 heterocycles. The van der Waals surface area contributed by atoms with Gasteiger partial charge in [-0.05, 0) is 58.9 Å². The molecular weight excluding hydrogens is 358 g/mol. The Hall–Kier alpha value is -1.05. The molecular formula is C12H9F3INO. The topological polar surface area (TPSA) is 21.6 Å². The Bertz CT molecular complexity index is 505. The molecule has 0 radical (unpaired) electrons. The minimum Gasteiger partial charge on any atom is -0.406 e. The van der Waals surface area contributed by atoms with Crippen molar-refractivity contribution in [2.24, 2.45) is 4.99 Å². The van der Waals surface area contributed by atoms with E-state index in [4.69, 9.17) is 0 Å². The molecule has 1 atom stereocenters. The molecule has 0 spiro atoms. The van der Waals surface area contributed by atoms with Crippen molar-refractivity contribution in [1.29, 1.82) is 0 Å². The van der Waals surface area contributed by atoms with E-state index >= 15 is 0 Å². The van der Waals surface area contributed by atoms with Crippen LogP contribution in [0.3, 0.4) is 0 Å². The van der Waals surface area contributed by atoms with E-state index in [0.717, 1.165) is 14.9 Å². The zero-order valence-corrected chi connectivity index (χ0v) is 11.5. The normalized spacial score (nSPS) is 19.5. The minimum absolute atomic E-state index is 0.100. The second-order valence-corrected chi connectivity index (χ2v) is 4.96. The fourth-order valence-electron chi connectivity index (χ4n) is 1.72. The maximum Gasteiger partial charge on any atom is 0.573 e. The summed E-state index contributed by atoms with van der Waals surface area (Å²) in [6, 6.07) is 5.70. The van der Waals surface area contributed by atoms with Crippen molar-refractivity contribution in [3.8, 4) is 5.75 Å². The predicted molar refractivity (Wildman–Crippen MR) is 71.1 cm³/mol. The van der Waals surface area contributed by atoms with Crippen LogP contribution in [0.4, 0.5) is 13.2 Å². The summed E-state index contributed by atoms with van der Waals surface area (Å²) in [7, 11) is 0. The molecule has 0 aliphatic carbocycles. The fourth-order valence-corrected chi connectivity index (χ4v) is 2.49. The molecule has 0 N–H and O–H groups in total. The summed E-state index contributed by atoms with van der Waals surface area (Å²) in [5, 5.41) is 0. The maximum absolute atomic E-state index is 12.0. The highest BCUT2D eigenvalue weighted by molar-refractivity contribution is 14.1. The molecule has 1 aromatic carbocycles. The minimum atomic E-state index is -4.65. The first-order valence-electron chi connectivity index (χ1n) is 5.12. The first-order valence-corrected chi connectivity index (χ1v) is 6.20. The van der Waals surface area contributed by atoms with Gasteiger partial charge in [-0.1, -0.05) is 12.1 Å². The largest absolute Gasteiger partial charge is 0.573 e. The van der Waals surface area contributed by atoms with Crippen molar-refractivity contribution in [2.45, 2.75) is 19.3 Å². The van der Waals surface area contributed by atoms with E-state index in [1.54, 1.807) is 12.1 Å². The third-order valence-electron chi connectivity index (χ3n) is 2.46. The van der Waals surface area contributed by atoms with Crippen LogP contribution in [0.5, 0.6) is 5.75 Å². The zero-order valence-electron chi connectivity index (χ0n) is 9.33. The van der Waals surface area contributed by atoms with Gasteiger partial charge in [-0.2, -0.15) is 0 Å². The molecule has 0 amide bonds. The van der Waals surface area contributed by atoms with E-state index in [2.05, 4.69) is 32.3 Å². The van der Waals surface area contributed by atoms with Crippen molar-refractivity contribution < 1.29 is 17.9 Å². The standard InChI is InChI=1S/C12H9F3INO/c1-7-6-10(16)17-11(7)8-2-4-9(5-3-8)18-12(13,14)15/h2-6,11H,1H3. The van der Waals surface area contributed by atoms with Crippen molar-refractivity contribution in [3.05, 3.63) is 41.5 Å². The van der Waals surface area contributed by atoms with Crippen LogP contribution in [0, 0.1) is 0 Å². The lowest BCUT2D eigenvalue weighted by Crippen LogP contribution is -2.17. The van der Waals surface area contributed by atoms with Crippen molar-refractivity contribution >= 4 is 26.3 Å². The van der Waals surface area contributed by atoms with Gasteiger partial charge in [0.2, 0.25) is 0 Å². The van der Waals surface area contributed by atoms with Crippen LogP contribution in [-0.4, -0.2) is 10.1 Å². The second kappa shape index (κ2) is 4.91. The average molecular weight is 367 g/mol. The van der Waals surface area contributed by atoms with Gasteiger partial charge in [-0.15, -0.1) is 13.2 Å². The van der Waals surface area contributed by atoms with Crippen molar-refractivity contribution in [1.82, 2.24) is 0 Å². The summed E-state index contributed by atoms with van der Waals surface area (Å²) in [5.74, 6) is -0.218. The van der Waals surface area contributed by atoms with Crippen LogP contribution in [0.1, 0.15) is 18.5 Å². The molecule has 0 saturated heterocycles. The Kier molecular flexibility index (Phi) is 3.65. The number of ether oxygens (including phenoxy) is 1. The third-order valence-corrected chi connectivity index (χ3v) is 3.05. The maximum atomic E-state index is 12.0. The Balaban J connectivity index is 2.16. The van der Waals surface area contributed by atoms with Gasteiger partial charge in [0, 0.05) is 0 Å². The van der Waals surface area contributed by atoms with Crippen LogP contribution >= 0.6 is 22.6 Å². The number of rotatable bonds is 2. The van der Waals surface area contributed by atoms with Crippen LogP contribution in [0.15, 0.2) is 40.9 Å². The van der Waals surface area contributed by atoms with E-state index in [-0.39, 0.29) is 11.8 Å². The Morgan fingerprint density at radius 2 is 1.83 bits per heavy atom. The van der Waals surface area contributed by atoms with Gasteiger partial charge < -0.3 is 4.74 Å². The summed E-state index contributed by atoms with van der Waals surface area (Å²) in [5.41, 5.74) is 1.92. The molecule has 0 bridgehead atoms. The molecule has 0 saturated carbocycles. The number of allylic oxidation sites excluding steroid dienone is 1. The van der Waals surface area contributed by atoms with Crippen LogP contribution < -0.4 is 4.74 Å². The molecule has 2 rings (SSSR count). The summed E-state index contributed by atoms with van der Waals surface area (Å²) in [6.07, 6.45) is -2.70. The molecule has 6 heteroatoms. The highest BCUT2D eigenvalue weighted by Gasteiger charge is 2.31. The number of hydrogen-bond donors (Lipinski definition) is 0. The lowest BCUT2D eigenvalue weighted by molar-refractivity contribution is -0.274. The molecule has 96 valence electrons. The lowest BCUT2D eigenvalue weighted by Gasteiger charge is -2.12. The fraction of sp³-hybridized carbons (Fsp3) is 0.250. The average Bonchev–Trinajstić information content (AvgIpc) is 2.57. The molecule has 1 aromatic rings. The monoisotopic (exact) mass is 367 g/mol. The smallest absolute Gasteiger partial charge is 0.406 e. The zero-order chi connectivity index (χ0) is 13.3. The van der Waals surface area contributed by atoms with Gasteiger partial charge in [0.15, 0.2) is 0 Å². The van der Waals surface area contributed by atoms with E-state index in [9.17, 15) is 13.2 Å². The van der Waals surface area contributed by atoms with Gasteiger partial charge >= 0.3 is 6.36 Å². The quantitative estimate of drug-likeness (QED) is 0.710. The van der Waals surface area contributed by atoms with Gasteiger partial charge in [-0.25, -0.2) is 0 Å². The molecule has 0 aromatic heterocycles. The van der Waals surface area contributed by atoms with Crippen LogP contribution in [0.25, 0.3) is 0 Å². The molecule has 2 nitrogen and oxygen atoms in total. The highest BCUT2D eigenvalue weighted by Crippen LogP contribution is 2.33. The first-order chi connectivity index (χ1) is 8.35. The Labute approximate surface area is 116 Å². The number of aliphatic imine (C=N–C) groups is 1. The Morgan fingerprint density at radius 1 is 1.22 bits per heavy atom. The first kappa shape index (κ1) is 13.4. The SMILES string of the molecule is CC1=CC(I)=NC1c1ccc(OC(F)(F)F)cc1. The third kappa shape index (κ3) is 3.24. The van der Waals surface area contributed by atoms with Crippen molar-refractivity contribution in [2.75, 3.05) is 0 Å². The number of hydrogen-bond acceptors (Lipinski definition) is 2. The molecule has 18 heavy (non-hydrogen) atoms. The van der Waals surface area contributed by atoms with E-state index in [1.807, 2.05) is 13.0 Å². The molecule has 1 aliphatic heterocycles. The Morgan fingerprint density at radius 3 is 2.28 bits per heavy atom. The van der Waals surface area contributed by atoms with Crippen LogP contribution in [0.2, 0.25) is 0 Å². The number of benzene rings is 1. The van der Waals surface area contributed by atoms with E-state index < -0.39 is 6.36 Å². The van der Waals surface area contributed by atoms with Crippen LogP contribution in [-0.2, 0) is 0 Å². The number of halogens is 4. The second-order valence-electron chi connectivity index (χ2n) is 3.86. The van der Waals surface area contributed by atoms with Crippen molar-refractivity contribution in [3.63, 3.8) is 0 Å². The van der Waals surface area contributed by atoms with Gasteiger partial charge in [0.05, 0.1) is 9.76 Å². The predicted octanol–water partition coefficient (Wildman–Crippen LogP) is 4.42. The van der Waals surface area contributed by atoms with Gasteiger partial charge in [-0.3, -0.25) is 4.99 Å². The number of alkyl halides is 3. The summed E-state index contributed by atoms with van der Waals surface area (Å²) < 4.78 is 40.7. The highest BCUT2D eigenvalue weighted by atomic mass is 127. The molecule has 1 aliphatic rings. The number of nitrogens with zero attached hydrogens (tertiary/aromatic N) is 1. The summed E-state index contributed by atoms with van der Waals surface area (Å²) >= 11 is 2.11. The van der Waals surface area contributed by atoms with E-state index in [1.165, 1.54) is 12.1 Å². The van der Waals surface area contributed by atoms with E-state index in [0.29, 0.717) is 0 Å². The summed E-state index contributed by atoms with van der Waals surface area (Å²) in [6.45, 7) is 1.94. The summed E-state index contributed by atoms with van der Waals surface area (Å²) in [4.78, 5) is 4.39. The van der Waals surface area contributed by atoms with Gasteiger partial charge in [0.1, 0.15) is 5.75 Å². The lowest BCUT2D eigenvalue weighted by atomic mass is 10.0. The van der Waals surface area contributed by atoms with Gasteiger partial charge in [0.25, 0.3) is 0 Å².